The van der Waals surface area contributed by atoms with Crippen LogP contribution in [0.4, 0.5) is 17.1 Å². The molecule has 1 atom stereocenters. The molecule has 2 aromatic heterocycles. The van der Waals surface area contributed by atoms with E-state index in [1.54, 1.807) is 0 Å². The lowest BCUT2D eigenvalue weighted by Gasteiger charge is -2.30. The Labute approximate surface area is 347 Å². The Morgan fingerprint density at radius 1 is 0.400 bits per heavy atom. The standard InChI is InChI=1S/C57H36N2O/c1-3-16-39(17-4-1)58(40-18-5-2-6-19-40)52-28-15-25-48-55(52)44-22-7-11-24-47(44)57(48)49-36-38(32-35-45(49)54-46-23-10-14-29-53(46)60-56(54)57)37-30-33-41(34-31-37)59-50-26-12-8-20-42(50)43-21-9-13-27-51(43)59/h1-36H. The third-order valence-electron chi connectivity index (χ3n) is 13.0. The van der Waals surface area contributed by atoms with Crippen molar-refractivity contribution in [1.29, 1.82) is 0 Å². The Kier molecular flexibility index (Phi) is 6.93. The zero-order valence-electron chi connectivity index (χ0n) is 32.6. The molecule has 2 aliphatic rings. The predicted molar refractivity (Wildman–Crippen MR) is 247 cm³/mol. The number of aromatic nitrogens is 1. The smallest absolute Gasteiger partial charge is 0.135 e. The molecule has 60 heavy (non-hydrogen) atoms. The van der Waals surface area contributed by atoms with Crippen molar-refractivity contribution in [2.45, 2.75) is 5.41 Å². The number of hydrogen-bond donors (Lipinski definition) is 0. The molecule has 3 heteroatoms. The van der Waals surface area contributed by atoms with Gasteiger partial charge in [0.15, 0.2) is 0 Å². The van der Waals surface area contributed by atoms with Gasteiger partial charge in [0.1, 0.15) is 16.8 Å². The van der Waals surface area contributed by atoms with Crippen molar-refractivity contribution in [3.8, 4) is 39.1 Å². The highest BCUT2D eigenvalue weighted by Crippen LogP contribution is 2.66. The maximum atomic E-state index is 7.17. The summed E-state index contributed by atoms with van der Waals surface area (Å²) < 4.78 is 9.55. The fourth-order valence-corrected chi connectivity index (χ4v) is 10.6. The van der Waals surface area contributed by atoms with Gasteiger partial charge < -0.3 is 13.9 Å². The summed E-state index contributed by atoms with van der Waals surface area (Å²) in [5.41, 5.74) is 18.1. The highest BCUT2D eigenvalue weighted by Gasteiger charge is 2.55. The summed E-state index contributed by atoms with van der Waals surface area (Å²) in [7, 11) is 0. The van der Waals surface area contributed by atoms with Crippen LogP contribution in [0, 0.1) is 0 Å². The summed E-state index contributed by atoms with van der Waals surface area (Å²) in [5, 5.41) is 3.67. The highest BCUT2D eigenvalue weighted by atomic mass is 16.3. The number of benzene rings is 9. The predicted octanol–water partition coefficient (Wildman–Crippen LogP) is 15.0. The molecule has 0 N–H and O–H groups in total. The van der Waals surface area contributed by atoms with Gasteiger partial charge in [-0.2, -0.15) is 0 Å². The van der Waals surface area contributed by atoms with Crippen molar-refractivity contribution in [1.82, 2.24) is 4.57 Å². The SMILES string of the molecule is c1ccc(N(c2ccccc2)c2cccc3c2-c2ccccc2C32c3cc(-c4ccc(-n5c6ccccc6c6ccccc65)cc4)ccc3-c3c2oc2ccccc32)cc1. The zero-order chi connectivity index (χ0) is 39.4. The van der Waals surface area contributed by atoms with Gasteiger partial charge in [0.2, 0.25) is 0 Å². The van der Waals surface area contributed by atoms with Crippen LogP contribution in [0.1, 0.15) is 22.5 Å². The Hall–Kier alpha value is -7.88. The highest BCUT2D eigenvalue weighted by molar-refractivity contribution is 6.10. The number of para-hydroxylation sites is 5. The van der Waals surface area contributed by atoms with Crippen molar-refractivity contribution in [3.05, 3.63) is 241 Å². The fraction of sp³-hybridized carbons (Fsp3) is 0.0175. The molecule has 9 aromatic carbocycles. The summed E-state index contributed by atoms with van der Waals surface area (Å²) in [4.78, 5) is 2.40. The van der Waals surface area contributed by atoms with Gasteiger partial charge in [-0.25, -0.2) is 0 Å². The van der Waals surface area contributed by atoms with Crippen LogP contribution in [-0.2, 0) is 5.41 Å². The molecule has 0 fully saturated rings. The van der Waals surface area contributed by atoms with E-state index in [2.05, 4.69) is 228 Å². The molecule has 2 aliphatic carbocycles. The average Bonchev–Trinajstić information content (AvgIpc) is 4.03. The molecule has 3 nitrogen and oxygen atoms in total. The maximum absolute atomic E-state index is 7.17. The van der Waals surface area contributed by atoms with Crippen LogP contribution in [0.5, 0.6) is 0 Å². The van der Waals surface area contributed by atoms with Crippen molar-refractivity contribution in [3.63, 3.8) is 0 Å². The first kappa shape index (κ1) is 33.1. The van der Waals surface area contributed by atoms with E-state index in [-0.39, 0.29) is 0 Å². The van der Waals surface area contributed by atoms with E-state index >= 15 is 0 Å². The molecule has 0 amide bonds. The van der Waals surface area contributed by atoms with Crippen LogP contribution < -0.4 is 4.90 Å². The zero-order valence-corrected chi connectivity index (χ0v) is 32.6. The first-order valence-electron chi connectivity index (χ1n) is 20.7. The van der Waals surface area contributed by atoms with Gasteiger partial charge in [-0.3, -0.25) is 0 Å². The molecule has 1 unspecified atom stereocenters. The topological polar surface area (TPSA) is 21.3 Å². The van der Waals surface area contributed by atoms with Gasteiger partial charge in [0, 0.05) is 44.3 Å². The molecule has 0 radical (unpaired) electrons. The second kappa shape index (κ2) is 12.6. The molecular weight excluding hydrogens is 729 g/mol. The molecule has 2 heterocycles. The van der Waals surface area contributed by atoms with Crippen LogP contribution in [0.15, 0.2) is 223 Å². The van der Waals surface area contributed by atoms with E-state index in [4.69, 9.17) is 4.42 Å². The van der Waals surface area contributed by atoms with Gasteiger partial charge in [-0.05, 0) is 106 Å². The lowest BCUT2D eigenvalue weighted by atomic mass is 9.72. The van der Waals surface area contributed by atoms with Crippen LogP contribution in [0.3, 0.4) is 0 Å². The summed E-state index contributed by atoms with van der Waals surface area (Å²) >= 11 is 0. The van der Waals surface area contributed by atoms with Gasteiger partial charge >= 0.3 is 0 Å². The Morgan fingerprint density at radius 3 is 1.68 bits per heavy atom. The quantitative estimate of drug-likeness (QED) is 0.174. The lowest BCUT2D eigenvalue weighted by molar-refractivity contribution is 0.507. The van der Waals surface area contributed by atoms with E-state index in [1.165, 1.54) is 71.9 Å². The number of rotatable bonds is 5. The third-order valence-corrected chi connectivity index (χ3v) is 13.0. The largest absolute Gasteiger partial charge is 0.459 e. The number of hydrogen-bond acceptors (Lipinski definition) is 2. The summed E-state index contributed by atoms with van der Waals surface area (Å²) in [6.45, 7) is 0. The normalized spacial score (nSPS) is 14.7. The van der Waals surface area contributed by atoms with Crippen molar-refractivity contribution < 1.29 is 4.42 Å². The van der Waals surface area contributed by atoms with Crippen molar-refractivity contribution in [2.75, 3.05) is 4.90 Å². The van der Waals surface area contributed by atoms with Gasteiger partial charge in [-0.1, -0.05) is 152 Å². The van der Waals surface area contributed by atoms with E-state index < -0.39 is 5.41 Å². The first-order chi connectivity index (χ1) is 29.8. The minimum atomic E-state index is -0.677. The third kappa shape index (κ3) is 4.44. The van der Waals surface area contributed by atoms with Crippen LogP contribution in [-0.4, -0.2) is 4.57 Å². The number of fused-ring (bicyclic) bond motifs is 15. The van der Waals surface area contributed by atoms with Gasteiger partial charge in [0.25, 0.3) is 0 Å². The van der Waals surface area contributed by atoms with E-state index in [1.807, 2.05) is 0 Å². The maximum Gasteiger partial charge on any atom is 0.135 e. The minimum absolute atomic E-state index is 0.677. The molecule has 0 saturated heterocycles. The van der Waals surface area contributed by atoms with Crippen LogP contribution >= 0.6 is 0 Å². The number of nitrogens with zero attached hydrogens (tertiary/aromatic N) is 2. The summed E-state index contributed by atoms with van der Waals surface area (Å²) in [5.74, 6) is 0.992. The Balaban J connectivity index is 1.05. The number of anilines is 3. The van der Waals surface area contributed by atoms with Crippen molar-refractivity contribution >= 4 is 49.8 Å². The summed E-state index contributed by atoms with van der Waals surface area (Å²) in [6, 6.07) is 79.4. The molecule has 11 aromatic rings. The molecule has 0 saturated carbocycles. The number of furan rings is 1. The average molecular weight is 765 g/mol. The summed E-state index contributed by atoms with van der Waals surface area (Å²) in [6.07, 6.45) is 0. The molecular formula is C57H36N2O. The second-order valence-corrected chi connectivity index (χ2v) is 16.0. The van der Waals surface area contributed by atoms with E-state index in [0.29, 0.717) is 0 Å². The second-order valence-electron chi connectivity index (χ2n) is 16.0. The molecule has 0 aliphatic heterocycles. The monoisotopic (exact) mass is 764 g/mol. The van der Waals surface area contributed by atoms with Crippen LogP contribution in [0.2, 0.25) is 0 Å². The van der Waals surface area contributed by atoms with Crippen LogP contribution in [0.25, 0.3) is 71.8 Å². The van der Waals surface area contributed by atoms with Crippen molar-refractivity contribution in [2.24, 2.45) is 0 Å². The fourth-order valence-electron chi connectivity index (χ4n) is 10.6. The Bertz CT molecular complexity index is 3390. The first-order valence-corrected chi connectivity index (χ1v) is 20.7. The van der Waals surface area contributed by atoms with Gasteiger partial charge in [0.05, 0.1) is 16.7 Å². The van der Waals surface area contributed by atoms with E-state index in [9.17, 15) is 0 Å². The lowest BCUT2D eigenvalue weighted by Crippen LogP contribution is -2.25. The van der Waals surface area contributed by atoms with E-state index in [0.717, 1.165) is 39.5 Å². The minimum Gasteiger partial charge on any atom is -0.459 e. The van der Waals surface area contributed by atoms with Gasteiger partial charge in [-0.15, -0.1) is 0 Å². The molecule has 280 valence electrons. The molecule has 0 bridgehead atoms. The molecule has 13 rings (SSSR count). The molecule has 1 spiro atoms. The Morgan fingerprint density at radius 2 is 0.967 bits per heavy atom.